The SMILES string of the molecule is CC1CC(N)c2ccccc2S1(=O)=O. The smallest absolute Gasteiger partial charge is 0.181 e. The molecule has 1 aliphatic rings. The minimum absolute atomic E-state index is 0.148. The van der Waals surface area contributed by atoms with Gasteiger partial charge in [-0.25, -0.2) is 8.42 Å². The highest BCUT2D eigenvalue weighted by Crippen LogP contribution is 2.34. The van der Waals surface area contributed by atoms with Crippen molar-refractivity contribution in [3.05, 3.63) is 29.8 Å². The Morgan fingerprint density at radius 2 is 2.00 bits per heavy atom. The molecular formula is C10H13NO2S. The van der Waals surface area contributed by atoms with Crippen molar-refractivity contribution in [1.29, 1.82) is 0 Å². The Morgan fingerprint density at radius 3 is 2.71 bits per heavy atom. The Balaban J connectivity index is 2.69. The second-order valence-corrected chi connectivity index (χ2v) is 6.07. The molecule has 2 N–H and O–H groups in total. The predicted octanol–water partition coefficient (Wildman–Crippen LogP) is 1.25. The Bertz CT molecular complexity index is 453. The fourth-order valence-electron chi connectivity index (χ4n) is 1.87. The zero-order valence-corrected chi connectivity index (χ0v) is 8.79. The lowest BCUT2D eigenvalue weighted by Gasteiger charge is -2.26. The molecule has 0 fully saturated rings. The third-order valence-electron chi connectivity index (χ3n) is 2.74. The molecule has 0 saturated heterocycles. The Hall–Kier alpha value is -0.870. The Labute approximate surface area is 83.9 Å². The molecule has 0 aromatic heterocycles. The summed E-state index contributed by atoms with van der Waals surface area (Å²) < 4.78 is 23.8. The van der Waals surface area contributed by atoms with Crippen LogP contribution in [0.4, 0.5) is 0 Å². The zero-order chi connectivity index (χ0) is 10.3. The van der Waals surface area contributed by atoms with Crippen molar-refractivity contribution in [2.45, 2.75) is 29.5 Å². The highest BCUT2D eigenvalue weighted by molar-refractivity contribution is 7.92. The summed E-state index contributed by atoms with van der Waals surface area (Å²) >= 11 is 0. The summed E-state index contributed by atoms with van der Waals surface area (Å²) in [7, 11) is -3.13. The van der Waals surface area contributed by atoms with Crippen LogP contribution in [0.25, 0.3) is 0 Å². The minimum atomic E-state index is -3.13. The summed E-state index contributed by atoms with van der Waals surface area (Å²) in [5.41, 5.74) is 6.65. The van der Waals surface area contributed by atoms with Crippen LogP contribution in [-0.2, 0) is 9.84 Å². The highest BCUT2D eigenvalue weighted by Gasteiger charge is 2.33. The van der Waals surface area contributed by atoms with Crippen molar-refractivity contribution in [2.24, 2.45) is 5.73 Å². The maximum absolute atomic E-state index is 11.9. The van der Waals surface area contributed by atoms with Crippen molar-refractivity contribution in [2.75, 3.05) is 0 Å². The molecule has 3 nitrogen and oxygen atoms in total. The van der Waals surface area contributed by atoms with Gasteiger partial charge in [-0.1, -0.05) is 18.2 Å². The third kappa shape index (κ3) is 1.26. The molecule has 2 unspecified atom stereocenters. The average Bonchev–Trinajstić information content (AvgIpc) is 2.16. The second kappa shape index (κ2) is 3.07. The van der Waals surface area contributed by atoms with E-state index in [1.54, 1.807) is 25.1 Å². The molecule has 0 amide bonds. The Morgan fingerprint density at radius 1 is 1.36 bits per heavy atom. The van der Waals surface area contributed by atoms with Gasteiger partial charge in [0.25, 0.3) is 0 Å². The monoisotopic (exact) mass is 211 g/mol. The Kier molecular flexibility index (Phi) is 2.12. The van der Waals surface area contributed by atoms with E-state index in [0.29, 0.717) is 11.3 Å². The fourth-order valence-corrected chi connectivity index (χ4v) is 3.58. The normalized spacial score (nSPS) is 29.6. The van der Waals surface area contributed by atoms with Gasteiger partial charge in [0, 0.05) is 6.04 Å². The van der Waals surface area contributed by atoms with Crippen LogP contribution in [0.5, 0.6) is 0 Å². The standard InChI is InChI=1S/C10H13NO2S/c1-7-6-9(11)8-4-2-3-5-10(8)14(7,12)13/h2-5,7,9H,6,11H2,1H3. The van der Waals surface area contributed by atoms with Crippen LogP contribution < -0.4 is 5.73 Å². The van der Waals surface area contributed by atoms with Gasteiger partial charge in [-0.15, -0.1) is 0 Å². The first-order valence-corrected chi connectivity index (χ1v) is 6.16. The third-order valence-corrected chi connectivity index (χ3v) is 4.98. The first kappa shape index (κ1) is 9.68. The quantitative estimate of drug-likeness (QED) is 0.702. The maximum Gasteiger partial charge on any atom is 0.181 e. The average molecular weight is 211 g/mol. The van der Waals surface area contributed by atoms with Crippen LogP contribution in [0.15, 0.2) is 29.2 Å². The molecule has 4 heteroatoms. The van der Waals surface area contributed by atoms with E-state index in [0.717, 1.165) is 5.56 Å². The van der Waals surface area contributed by atoms with Gasteiger partial charge in [0.2, 0.25) is 0 Å². The molecule has 0 bridgehead atoms. The number of hydrogen-bond acceptors (Lipinski definition) is 3. The predicted molar refractivity (Wildman–Crippen MR) is 54.6 cm³/mol. The summed E-state index contributed by atoms with van der Waals surface area (Å²) in [6, 6.07) is 6.85. The number of benzene rings is 1. The minimum Gasteiger partial charge on any atom is -0.324 e. The van der Waals surface area contributed by atoms with Crippen molar-refractivity contribution in [1.82, 2.24) is 0 Å². The van der Waals surface area contributed by atoms with Crippen molar-refractivity contribution in [3.63, 3.8) is 0 Å². The first-order valence-electron chi connectivity index (χ1n) is 4.62. The first-order chi connectivity index (χ1) is 6.53. The molecule has 1 aliphatic heterocycles. The molecule has 2 rings (SSSR count). The second-order valence-electron chi connectivity index (χ2n) is 3.74. The van der Waals surface area contributed by atoms with Gasteiger partial charge >= 0.3 is 0 Å². The van der Waals surface area contributed by atoms with Crippen LogP contribution in [0.1, 0.15) is 24.9 Å². The van der Waals surface area contributed by atoms with Crippen molar-refractivity contribution in [3.8, 4) is 0 Å². The number of hydrogen-bond donors (Lipinski definition) is 1. The van der Waals surface area contributed by atoms with Gasteiger partial charge < -0.3 is 5.73 Å². The molecular weight excluding hydrogens is 198 g/mol. The fraction of sp³-hybridized carbons (Fsp3) is 0.400. The van der Waals surface area contributed by atoms with E-state index in [4.69, 9.17) is 5.73 Å². The van der Waals surface area contributed by atoms with Crippen molar-refractivity contribution >= 4 is 9.84 Å². The highest BCUT2D eigenvalue weighted by atomic mass is 32.2. The van der Waals surface area contributed by atoms with Crippen molar-refractivity contribution < 1.29 is 8.42 Å². The molecule has 0 saturated carbocycles. The van der Waals surface area contributed by atoms with E-state index in [-0.39, 0.29) is 11.3 Å². The number of sulfone groups is 1. The lowest BCUT2D eigenvalue weighted by molar-refractivity contribution is 0.537. The van der Waals surface area contributed by atoms with Gasteiger partial charge in [-0.2, -0.15) is 0 Å². The van der Waals surface area contributed by atoms with E-state index in [9.17, 15) is 8.42 Å². The maximum atomic E-state index is 11.9. The largest absolute Gasteiger partial charge is 0.324 e. The number of fused-ring (bicyclic) bond motifs is 1. The molecule has 2 atom stereocenters. The van der Waals surface area contributed by atoms with Gasteiger partial charge in [0.05, 0.1) is 10.1 Å². The summed E-state index contributed by atoms with van der Waals surface area (Å²) in [4.78, 5) is 0.409. The van der Waals surface area contributed by atoms with E-state index >= 15 is 0 Å². The summed E-state index contributed by atoms with van der Waals surface area (Å²) in [5, 5.41) is -0.368. The summed E-state index contributed by atoms with van der Waals surface area (Å²) in [5.74, 6) is 0. The lowest BCUT2D eigenvalue weighted by Crippen LogP contribution is -2.31. The van der Waals surface area contributed by atoms with Gasteiger partial charge in [-0.05, 0) is 25.0 Å². The zero-order valence-electron chi connectivity index (χ0n) is 7.97. The topological polar surface area (TPSA) is 60.2 Å². The molecule has 0 radical (unpaired) electrons. The van der Waals surface area contributed by atoms with Crippen LogP contribution in [0.3, 0.4) is 0 Å². The van der Waals surface area contributed by atoms with E-state index in [2.05, 4.69) is 0 Å². The molecule has 14 heavy (non-hydrogen) atoms. The van der Waals surface area contributed by atoms with Gasteiger partial charge in [0.15, 0.2) is 9.84 Å². The number of nitrogens with two attached hydrogens (primary N) is 1. The lowest BCUT2D eigenvalue weighted by atomic mass is 10.0. The molecule has 1 aromatic carbocycles. The van der Waals surface area contributed by atoms with E-state index in [1.807, 2.05) is 6.07 Å². The summed E-state index contributed by atoms with van der Waals surface area (Å²) in [6.45, 7) is 1.71. The molecule has 1 heterocycles. The van der Waals surface area contributed by atoms with Gasteiger partial charge in [0.1, 0.15) is 0 Å². The van der Waals surface area contributed by atoms with Crippen LogP contribution in [-0.4, -0.2) is 13.7 Å². The van der Waals surface area contributed by atoms with E-state index in [1.165, 1.54) is 0 Å². The molecule has 0 spiro atoms. The van der Waals surface area contributed by atoms with Crippen LogP contribution >= 0.6 is 0 Å². The molecule has 76 valence electrons. The molecule has 0 aliphatic carbocycles. The summed E-state index contributed by atoms with van der Waals surface area (Å²) in [6.07, 6.45) is 0.513. The molecule has 1 aromatic rings. The number of rotatable bonds is 0. The van der Waals surface area contributed by atoms with Crippen LogP contribution in [0, 0.1) is 0 Å². The van der Waals surface area contributed by atoms with E-state index < -0.39 is 9.84 Å². The van der Waals surface area contributed by atoms with Crippen LogP contribution in [0.2, 0.25) is 0 Å². The van der Waals surface area contributed by atoms with Gasteiger partial charge in [-0.3, -0.25) is 0 Å².